The summed E-state index contributed by atoms with van der Waals surface area (Å²) < 4.78 is 5.81. The van der Waals surface area contributed by atoms with Gasteiger partial charge in [-0.05, 0) is 46.3 Å². The van der Waals surface area contributed by atoms with E-state index < -0.39 is 0 Å². The molecule has 1 heterocycles. The van der Waals surface area contributed by atoms with Crippen molar-refractivity contribution in [3.8, 4) is 5.75 Å². The largest absolute Gasteiger partial charge is 0.496 e. The first-order chi connectivity index (χ1) is 11.6. The van der Waals surface area contributed by atoms with Crippen molar-refractivity contribution in [3.63, 3.8) is 0 Å². The molecule has 0 atom stereocenters. The number of hydrogen-bond donors (Lipinski definition) is 1. The zero-order valence-electron chi connectivity index (χ0n) is 12.8. The number of carbonyl (C=O) groups excluding carboxylic acids is 2. The summed E-state index contributed by atoms with van der Waals surface area (Å²) in [6.45, 7) is 0. The van der Waals surface area contributed by atoms with Gasteiger partial charge in [-0.3, -0.25) is 9.59 Å². The van der Waals surface area contributed by atoms with E-state index in [0.29, 0.717) is 27.3 Å². The molecule has 0 radical (unpaired) electrons. The van der Waals surface area contributed by atoms with E-state index in [4.69, 9.17) is 4.74 Å². The average Bonchev–Trinajstić information content (AvgIpc) is 2.95. The monoisotopic (exact) mass is 387 g/mol. The molecule has 3 rings (SSSR count). The molecule has 2 aromatic rings. The number of para-hydroxylation sites is 1. The Balaban J connectivity index is 1.75. The lowest BCUT2D eigenvalue weighted by molar-refractivity contribution is -0.116. The van der Waals surface area contributed by atoms with Gasteiger partial charge in [-0.1, -0.05) is 18.2 Å². The molecule has 1 aliphatic rings. The maximum Gasteiger partial charge on any atom is 0.256 e. The zero-order chi connectivity index (χ0) is 17.1. The molecular formula is C17H14BrN3O3. The highest BCUT2D eigenvalue weighted by Crippen LogP contribution is 2.25. The van der Waals surface area contributed by atoms with Crippen LogP contribution >= 0.6 is 15.9 Å². The number of ether oxygens (including phenoxy) is 1. The minimum atomic E-state index is -0.334. The van der Waals surface area contributed by atoms with Crippen molar-refractivity contribution in [2.24, 2.45) is 5.10 Å². The SMILES string of the molecule is COc1ccc(C(=O)NC2=NN(c3ccccc3)C(=O)C2)cc1Br. The van der Waals surface area contributed by atoms with Gasteiger partial charge in [-0.2, -0.15) is 10.1 Å². The van der Waals surface area contributed by atoms with Crippen LogP contribution in [0, 0.1) is 0 Å². The number of amides is 2. The Hall–Kier alpha value is -2.67. The predicted molar refractivity (Wildman–Crippen MR) is 94.1 cm³/mol. The molecule has 0 bridgehead atoms. The van der Waals surface area contributed by atoms with Crippen molar-refractivity contribution in [3.05, 3.63) is 58.6 Å². The van der Waals surface area contributed by atoms with Crippen molar-refractivity contribution in [2.75, 3.05) is 12.1 Å². The van der Waals surface area contributed by atoms with Crippen LogP contribution in [0.25, 0.3) is 0 Å². The van der Waals surface area contributed by atoms with E-state index in [0.717, 1.165) is 0 Å². The highest BCUT2D eigenvalue weighted by atomic mass is 79.9. The van der Waals surface area contributed by atoms with E-state index in [-0.39, 0.29) is 18.2 Å². The molecule has 2 aromatic carbocycles. The third-order valence-electron chi connectivity index (χ3n) is 3.45. The molecule has 7 heteroatoms. The number of benzene rings is 2. The minimum Gasteiger partial charge on any atom is -0.496 e. The van der Waals surface area contributed by atoms with Crippen LogP contribution in [-0.4, -0.2) is 24.8 Å². The van der Waals surface area contributed by atoms with Gasteiger partial charge in [0, 0.05) is 5.56 Å². The first kappa shape index (κ1) is 16.2. The van der Waals surface area contributed by atoms with Gasteiger partial charge >= 0.3 is 0 Å². The second-order valence-electron chi connectivity index (χ2n) is 5.07. The van der Waals surface area contributed by atoms with Gasteiger partial charge in [0.15, 0.2) is 0 Å². The number of anilines is 1. The summed E-state index contributed by atoms with van der Waals surface area (Å²) in [5, 5.41) is 8.16. The van der Waals surface area contributed by atoms with Gasteiger partial charge in [0.25, 0.3) is 11.8 Å². The Morgan fingerprint density at radius 1 is 1.25 bits per heavy atom. The second kappa shape index (κ2) is 6.84. The number of hydrogen-bond acceptors (Lipinski definition) is 4. The summed E-state index contributed by atoms with van der Waals surface area (Å²) in [6.07, 6.45) is 0.0535. The van der Waals surface area contributed by atoms with E-state index >= 15 is 0 Å². The molecule has 0 saturated heterocycles. The average molecular weight is 388 g/mol. The molecule has 1 N–H and O–H groups in total. The Bertz CT molecular complexity index is 821. The summed E-state index contributed by atoms with van der Waals surface area (Å²) in [6, 6.07) is 14.1. The first-order valence-corrected chi connectivity index (χ1v) is 7.98. The predicted octanol–water partition coefficient (Wildman–Crippen LogP) is 2.94. The lowest BCUT2D eigenvalue weighted by atomic mass is 10.2. The molecule has 122 valence electrons. The quantitative estimate of drug-likeness (QED) is 0.879. The Morgan fingerprint density at radius 3 is 2.67 bits per heavy atom. The number of hydrazone groups is 1. The molecule has 0 spiro atoms. The number of methoxy groups -OCH3 is 1. The van der Waals surface area contributed by atoms with Crippen molar-refractivity contribution in [2.45, 2.75) is 6.42 Å². The van der Waals surface area contributed by atoms with Crippen LogP contribution in [0.3, 0.4) is 0 Å². The Kier molecular flexibility index (Phi) is 4.61. The van der Waals surface area contributed by atoms with E-state index in [1.807, 2.05) is 18.2 Å². The summed E-state index contributed by atoms with van der Waals surface area (Å²) in [7, 11) is 1.55. The molecule has 1 aliphatic heterocycles. The van der Waals surface area contributed by atoms with Gasteiger partial charge in [-0.25, -0.2) is 0 Å². The summed E-state index contributed by atoms with van der Waals surface area (Å²) >= 11 is 3.34. The number of nitrogens with one attached hydrogen (secondary N) is 1. The van der Waals surface area contributed by atoms with Crippen molar-refractivity contribution >= 4 is 39.3 Å². The van der Waals surface area contributed by atoms with Crippen LogP contribution in [0.2, 0.25) is 0 Å². The van der Waals surface area contributed by atoms with Crippen LogP contribution in [-0.2, 0) is 4.79 Å². The van der Waals surface area contributed by atoms with Crippen molar-refractivity contribution in [1.29, 1.82) is 0 Å². The minimum absolute atomic E-state index is 0.0535. The maximum atomic E-state index is 12.3. The van der Waals surface area contributed by atoms with Crippen LogP contribution in [0.15, 0.2) is 58.1 Å². The highest BCUT2D eigenvalue weighted by molar-refractivity contribution is 9.10. The fourth-order valence-corrected chi connectivity index (χ4v) is 2.82. The summed E-state index contributed by atoms with van der Waals surface area (Å²) in [5.74, 6) is 0.434. The van der Waals surface area contributed by atoms with E-state index in [9.17, 15) is 9.59 Å². The summed E-state index contributed by atoms with van der Waals surface area (Å²) in [5.41, 5.74) is 1.11. The van der Waals surface area contributed by atoms with Crippen LogP contribution < -0.4 is 15.1 Å². The number of nitrogens with zero attached hydrogens (tertiary/aromatic N) is 2. The third-order valence-corrected chi connectivity index (χ3v) is 4.07. The molecule has 0 aliphatic carbocycles. The molecule has 0 fully saturated rings. The number of amidine groups is 1. The van der Waals surface area contributed by atoms with Gasteiger partial charge < -0.3 is 10.1 Å². The van der Waals surface area contributed by atoms with E-state index in [1.165, 1.54) is 5.01 Å². The maximum absolute atomic E-state index is 12.3. The molecule has 0 aromatic heterocycles. The Labute approximate surface area is 147 Å². The van der Waals surface area contributed by atoms with Gasteiger partial charge in [-0.15, -0.1) is 0 Å². The highest BCUT2D eigenvalue weighted by Gasteiger charge is 2.26. The fraction of sp³-hybridized carbons (Fsp3) is 0.118. The normalized spacial score (nSPS) is 13.7. The standard InChI is InChI=1S/C17H14BrN3O3/c1-24-14-8-7-11(9-13(14)18)17(23)19-15-10-16(22)21(20-15)12-5-3-2-4-6-12/h2-9H,10H2,1H3,(H,19,20,23). The van der Waals surface area contributed by atoms with Crippen LogP contribution in [0.4, 0.5) is 5.69 Å². The lowest BCUT2D eigenvalue weighted by Gasteiger charge is -2.10. The van der Waals surface area contributed by atoms with E-state index in [1.54, 1.807) is 37.4 Å². The summed E-state index contributed by atoms with van der Waals surface area (Å²) in [4.78, 5) is 24.4. The molecule has 24 heavy (non-hydrogen) atoms. The molecule has 6 nitrogen and oxygen atoms in total. The number of halogens is 1. The van der Waals surface area contributed by atoms with E-state index in [2.05, 4.69) is 26.3 Å². The first-order valence-electron chi connectivity index (χ1n) is 7.19. The molecule has 0 unspecified atom stereocenters. The number of carbonyl (C=O) groups is 2. The van der Waals surface area contributed by atoms with Crippen molar-refractivity contribution in [1.82, 2.24) is 5.32 Å². The van der Waals surface area contributed by atoms with Crippen LogP contribution in [0.1, 0.15) is 16.8 Å². The van der Waals surface area contributed by atoms with Gasteiger partial charge in [0.2, 0.25) is 0 Å². The van der Waals surface area contributed by atoms with Gasteiger partial charge in [0.05, 0.1) is 23.7 Å². The zero-order valence-corrected chi connectivity index (χ0v) is 14.4. The Morgan fingerprint density at radius 2 is 2.00 bits per heavy atom. The molecule has 0 saturated carbocycles. The number of rotatable bonds is 3. The smallest absolute Gasteiger partial charge is 0.256 e. The fourth-order valence-electron chi connectivity index (χ4n) is 2.28. The molecule has 2 amide bonds. The topological polar surface area (TPSA) is 71.0 Å². The van der Waals surface area contributed by atoms with Crippen LogP contribution in [0.5, 0.6) is 5.75 Å². The van der Waals surface area contributed by atoms with Crippen molar-refractivity contribution < 1.29 is 14.3 Å². The molecular weight excluding hydrogens is 374 g/mol. The van der Waals surface area contributed by atoms with Gasteiger partial charge in [0.1, 0.15) is 11.6 Å². The third kappa shape index (κ3) is 3.30. The second-order valence-corrected chi connectivity index (χ2v) is 5.92. The lowest BCUT2D eigenvalue weighted by Crippen LogP contribution is -2.29.